The third-order valence-electron chi connectivity index (χ3n) is 11.7. The van der Waals surface area contributed by atoms with Crippen molar-refractivity contribution in [3.8, 4) is 22.9 Å². The molecule has 262 valence electrons. The highest BCUT2D eigenvalue weighted by molar-refractivity contribution is 6.02. The summed E-state index contributed by atoms with van der Waals surface area (Å²) in [6, 6.07) is 6.45. The third-order valence-corrected chi connectivity index (χ3v) is 11.7. The van der Waals surface area contributed by atoms with E-state index in [1.165, 1.54) is 12.1 Å². The first-order chi connectivity index (χ1) is 24.1. The quantitative estimate of drug-likeness (QED) is 0.246. The molecular weight excluding hydrogens is 652 g/mol. The van der Waals surface area contributed by atoms with Crippen LogP contribution in [0, 0.1) is 28.7 Å². The number of phenols is 1. The lowest BCUT2D eigenvalue weighted by Crippen LogP contribution is -2.64. The molecule has 4 bridgehead atoms. The van der Waals surface area contributed by atoms with Crippen molar-refractivity contribution in [2.75, 3.05) is 44.2 Å². The fraction of sp³-hybridized carbons (Fsp3) is 0.486. The molecule has 10 rings (SSSR count). The number of amides is 1. The minimum atomic E-state index is -1.27. The number of hydrogen-bond acceptors (Lipinski definition) is 8. The van der Waals surface area contributed by atoms with Crippen LogP contribution in [-0.2, 0) is 4.79 Å². The van der Waals surface area contributed by atoms with Gasteiger partial charge in [0.15, 0.2) is 17.5 Å². The Labute approximate surface area is 286 Å². The molecule has 4 aromatic rings. The number of ether oxygens (including phenoxy) is 1. The van der Waals surface area contributed by atoms with Gasteiger partial charge in [-0.05, 0) is 68.2 Å². The number of hydrogen-bond donors (Lipinski definition) is 2. The number of phenolic OH excluding ortho intramolecular Hbond substituents is 1. The van der Waals surface area contributed by atoms with Gasteiger partial charge in [0.2, 0.25) is 5.91 Å². The average molecular weight is 691 g/mol. The molecule has 13 heteroatoms. The van der Waals surface area contributed by atoms with Crippen LogP contribution in [0.15, 0.2) is 30.3 Å². The lowest BCUT2D eigenvalue weighted by Gasteiger charge is -2.52. The van der Waals surface area contributed by atoms with E-state index in [4.69, 9.17) is 9.72 Å². The Bertz CT molecular complexity index is 2050. The SMILES string of the molecule is CC(=O)N1CC2CCC1CN2CC1(COc2nc(N3CC4CCC(C3)N4)c3cc(F)c(-c4cc(O)cc5ccc(F)c(F)c45)c(F)c3n2)CC1. The molecule has 3 aromatic carbocycles. The molecule has 0 spiro atoms. The summed E-state index contributed by atoms with van der Waals surface area (Å²) in [5.41, 5.74) is -1.28. The van der Waals surface area contributed by atoms with Gasteiger partial charge in [0, 0.05) is 85.6 Å². The first-order valence-corrected chi connectivity index (χ1v) is 17.5. The van der Waals surface area contributed by atoms with Gasteiger partial charge >= 0.3 is 6.01 Å². The Balaban J connectivity index is 1.09. The number of carbonyl (C=O) groups excluding carboxylic acids is 1. The van der Waals surface area contributed by atoms with Gasteiger partial charge in [0.05, 0.1) is 12.2 Å². The molecule has 0 radical (unpaired) electrons. The molecule has 1 amide bonds. The fourth-order valence-corrected chi connectivity index (χ4v) is 8.93. The number of anilines is 1. The summed E-state index contributed by atoms with van der Waals surface area (Å²) in [7, 11) is 0. The van der Waals surface area contributed by atoms with Crippen LogP contribution in [0.5, 0.6) is 11.8 Å². The monoisotopic (exact) mass is 690 g/mol. The van der Waals surface area contributed by atoms with E-state index in [2.05, 4.69) is 15.2 Å². The van der Waals surface area contributed by atoms with Crippen molar-refractivity contribution in [3.05, 3.63) is 53.6 Å². The molecule has 2 N–H and O–H groups in total. The molecule has 6 aliphatic rings. The zero-order valence-corrected chi connectivity index (χ0v) is 27.7. The van der Waals surface area contributed by atoms with Crippen LogP contribution >= 0.6 is 0 Å². The summed E-state index contributed by atoms with van der Waals surface area (Å²) in [6.07, 6.45) is 5.94. The smallest absolute Gasteiger partial charge is 0.319 e. The Kier molecular flexibility index (Phi) is 7.40. The van der Waals surface area contributed by atoms with Crippen LogP contribution in [0.25, 0.3) is 32.8 Å². The molecule has 5 saturated heterocycles. The van der Waals surface area contributed by atoms with Crippen molar-refractivity contribution in [2.45, 2.75) is 69.6 Å². The predicted molar refractivity (Wildman–Crippen MR) is 179 cm³/mol. The van der Waals surface area contributed by atoms with Crippen LogP contribution < -0.4 is 15.0 Å². The van der Waals surface area contributed by atoms with Crippen LogP contribution in [0.4, 0.5) is 23.4 Å². The number of nitrogens with zero attached hydrogens (tertiary/aromatic N) is 5. The molecule has 6 heterocycles. The number of piperidine rings is 2. The van der Waals surface area contributed by atoms with Crippen LogP contribution in [0.1, 0.15) is 45.4 Å². The van der Waals surface area contributed by atoms with E-state index in [-0.39, 0.29) is 68.4 Å². The molecule has 1 aromatic heterocycles. The third kappa shape index (κ3) is 5.31. The van der Waals surface area contributed by atoms with Gasteiger partial charge in [-0.15, -0.1) is 0 Å². The maximum Gasteiger partial charge on any atom is 0.319 e. The van der Waals surface area contributed by atoms with E-state index in [0.29, 0.717) is 31.6 Å². The van der Waals surface area contributed by atoms with E-state index in [9.17, 15) is 14.3 Å². The summed E-state index contributed by atoms with van der Waals surface area (Å²) in [5, 5.41) is 13.9. The molecule has 6 fully saturated rings. The minimum Gasteiger partial charge on any atom is -0.508 e. The summed E-state index contributed by atoms with van der Waals surface area (Å²) in [4.78, 5) is 27.9. The first-order valence-electron chi connectivity index (χ1n) is 17.5. The predicted octanol–water partition coefficient (Wildman–Crippen LogP) is 5.51. The molecule has 9 nitrogen and oxygen atoms in total. The lowest BCUT2D eigenvalue weighted by molar-refractivity contribution is -0.140. The Morgan fingerprint density at radius 3 is 2.40 bits per heavy atom. The second kappa shape index (κ2) is 11.7. The molecule has 5 aliphatic heterocycles. The number of carbonyl (C=O) groups is 1. The maximum absolute atomic E-state index is 16.8. The van der Waals surface area contributed by atoms with E-state index < -0.39 is 28.8 Å². The zero-order chi connectivity index (χ0) is 34.5. The Morgan fingerprint density at radius 1 is 0.940 bits per heavy atom. The molecule has 50 heavy (non-hydrogen) atoms. The molecular formula is C37H38F4N6O3. The van der Waals surface area contributed by atoms with Gasteiger partial charge in [-0.25, -0.2) is 17.6 Å². The van der Waals surface area contributed by atoms with Gasteiger partial charge in [-0.2, -0.15) is 9.97 Å². The van der Waals surface area contributed by atoms with Crippen molar-refractivity contribution < 1.29 is 32.2 Å². The van der Waals surface area contributed by atoms with Crippen LogP contribution in [-0.4, -0.2) is 94.3 Å². The molecule has 1 aliphatic carbocycles. The number of halogens is 4. The summed E-state index contributed by atoms with van der Waals surface area (Å²) < 4.78 is 68.9. The van der Waals surface area contributed by atoms with Gasteiger partial charge in [0.25, 0.3) is 0 Å². The highest BCUT2D eigenvalue weighted by atomic mass is 19.2. The number of fused-ring (bicyclic) bond motifs is 7. The highest BCUT2D eigenvalue weighted by Crippen LogP contribution is 2.48. The molecule has 4 unspecified atom stereocenters. The van der Waals surface area contributed by atoms with Crippen molar-refractivity contribution in [1.29, 1.82) is 0 Å². The minimum absolute atomic E-state index is 0.0398. The first kappa shape index (κ1) is 31.7. The van der Waals surface area contributed by atoms with E-state index >= 15 is 13.2 Å². The number of rotatable bonds is 7. The second-order valence-corrected chi connectivity index (χ2v) is 15.0. The maximum atomic E-state index is 16.8. The topological polar surface area (TPSA) is 94.1 Å². The van der Waals surface area contributed by atoms with Crippen molar-refractivity contribution in [3.63, 3.8) is 0 Å². The van der Waals surface area contributed by atoms with Gasteiger partial charge in [-0.3, -0.25) is 9.69 Å². The lowest BCUT2D eigenvalue weighted by atomic mass is 9.89. The Hall–Kier alpha value is -4.23. The fourth-order valence-electron chi connectivity index (χ4n) is 8.93. The number of benzene rings is 3. The summed E-state index contributed by atoms with van der Waals surface area (Å²) >= 11 is 0. The van der Waals surface area contributed by atoms with Crippen molar-refractivity contribution in [1.82, 2.24) is 25.1 Å². The summed E-state index contributed by atoms with van der Waals surface area (Å²) in [5.74, 6) is -4.43. The second-order valence-electron chi connectivity index (χ2n) is 15.0. The van der Waals surface area contributed by atoms with Gasteiger partial charge in [-0.1, -0.05) is 6.07 Å². The van der Waals surface area contributed by atoms with E-state index in [0.717, 1.165) is 76.4 Å². The number of nitrogens with one attached hydrogen (secondary N) is 1. The number of aromatic nitrogens is 2. The average Bonchev–Trinajstić information content (AvgIpc) is 3.78. The summed E-state index contributed by atoms with van der Waals surface area (Å²) in [6.45, 7) is 5.52. The standard InChI is InChI=1S/C37H38F4N6O3/c1-19(48)47-16-23-5-6-24(47)15-46(23)17-37(8-9-37)18-50-36-43-34-27(35(44-36)45-13-21-3-4-22(14-45)42-21)12-29(39)31(33(34)41)26-11-25(49)10-20-2-7-28(38)32(40)30(20)26/h2,7,10-12,21-24,42,49H,3-6,8-9,13-18H2,1H3. The van der Waals surface area contributed by atoms with E-state index in [1.807, 2.05) is 9.80 Å². The van der Waals surface area contributed by atoms with Gasteiger partial charge in [0.1, 0.15) is 22.9 Å². The number of aromatic hydroxyl groups is 1. The van der Waals surface area contributed by atoms with Crippen molar-refractivity contribution in [2.24, 2.45) is 5.41 Å². The normalized spacial score (nSPS) is 25.5. The van der Waals surface area contributed by atoms with E-state index in [1.54, 1.807) is 6.92 Å². The number of piperazine rings is 2. The van der Waals surface area contributed by atoms with Crippen LogP contribution in [0.3, 0.4) is 0 Å². The highest BCUT2D eigenvalue weighted by Gasteiger charge is 2.49. The van der Waals surface area contributed by atoms with Crippen molar-refractivity contribution >= 4 is 33.4 Å². The molecule has 1 saturated carbocycles. The molecule has 4 atom stereocenters. The Morgan fingerprint density at radius 2 is 1.70 bits per heavy atom. The largest absolute Gasteiger partial charge is 0.508 e. The zero-order valence-electron chi connectivity index (χ0n) is 27.7. The van der Waals surface area contributed by atoms with Gasteiger partial charge < -0.3 is 25.0 Å². The van der Waals surface area contributed by atoms with Crippen LogP contribution in [0.2, 0.25) is 0 Å².